The van der Waals surface area contributed by atoms with Crippen molar-refractivity contribution in [3.63, 3.8) is 0 Å². The van der Waals surface area contributed by atoms with Gasteiger partial charge in [-0.25, -0.2) is 4.68 Å². The zero-order chi connectivity index (χ0) is 17.0. The number of aromatic nitrogens is 2. The number of hydrogen-bond donors (Lipinski definition) is 0. The maximum absolute atomic E-state index is 12.4. The number of nitrogens with zero attached hydrogens (tertiary/aromatic N) is 3. The second-order valence-corrected chi connectivity index (χ2v) is 6.04. The third-order valence-corrected chi connectivity index (χ3v) is 4.20. The SMILES string of the molecule is C=O.Cc1c(C(=O)CN(C)C2CC2)cnn1-c1ccc(Cl)cc1. The normalized spacial score (nSPS) is 13.6. The molecule has 1 saturated carbocycles. The topological polar surface area (TPSA) is 55.2 Å². The fourth-order valence-electron chi connectivity index (χ4n) is 2.48. The van der Waals surface area contributed by atoms with Crippen molar-refractivity contribution < 1.29 is 9.59 Å². The molecule has 0 unspecified atom stereocenters. The van der Waals surface area contributed by atoms with Crippen LogP contribution in [0.15, 0.2) is 30.5 Å². The van der Waals surface area contributed by atoms with Crippen molar-refractivity contribution in [1.29, 1.82) is 0 Å². The Morgan fingerprint density at radius 1 is 1.35 bits per heavy atom. The molecule has 1 aliphatic rings. The monoisotopic (exact) mass is 333 g/mol. The van der Waals surface area contributed by atoms with Crippen molar-refractivity contribution >= 4 is 24.2 Å². The van der Waals surface area contributed by atoms with Gasteiger partial charge in [-0.1, -0.05) is 11.6 Å². The first-order chi connectivity index (χ1) is 11.1. The average Bonchev–Trinajstić information content (AvgIpc) is 3.33. The molecule has 0 spiro atoms. The van der Waals surface area contributed by atoms with Crippen LogP contribution in [0.25, 0.3) is 5.69 Å². The zero-order valence-corrected chi connectivity index (χ0v) is 14.1. The molecule has 0 aliphatic heterocycles. The third kappa shape index (κ3) is 4.06. The van der Waals surface area contributed by atoms with Crippen LogP contribution in [0.5, 0.6) is 0 Å². The van der Waals surface area contributed by atoms with Gasteiger partial charge in [-0.05, 0) is 51.1 Å². The van der Waals surface area contributed by atoms with Gasteiger partial charge in [-0.15, -0.1) is 0 Å². The lowest BCUT2D eigenvalue weighted by atomic mass is 10.1. The van der Waals surface area contributed by atoms with E-state index < -0.39 is 0 Å². The summed E-state index contributed by atoms with van der Waals surface area (Å²) in [5, 5.41) is 5.02. The Hall–Kier alpha value is -1.98. The number of likely N-dealkylation sites (N-methyl/N-ethyl adjacent to an activating group) is 1. The molecule has 5 nitrogen and oxygen atoms in total. The summed E-state index contributed by atoms with van der Waals surface area (Å²) < 4.78 is 1.78. The maximum Gasteiger partial charge on any atom is 0.180 e. The molecule has 1 fully saturated rings. The average molecular weight is 334 g/mol. The molecule has 3 rings (SSSR count). The van der Waals surface area contributed by atoms with Crippen molar-refractivity contribution in [1.82, 2.24) is 14.7 Å². The molecule has 0 bridgehead atoms. The molecule has 0 saturated heterocycles. The van der Waals surface area contributed by atoms with Crippen LogP contribution in [-0.2, 0) is 4.79 Å². The van der Waals surface area contributed by atoms with Gasteiger partial charge in [0.15, 0.2) is 5.78 Å². The molecular weight excluding hydrogens is 314 g/mol. The van der Waals surface area contributed by atoms with Gasteiger partial charge in [0, 0.05) is 11.1 Å². The second kappa shape index (κ2) is 7.53. The van der Waals surface area contributed by atoms with Crippen molar-refractivity contribution in [2.24, 2.45) is 0 Å². The molecule has 6 heteroatoms. The zero-order valence-electron chi connectivity index (χ0n) is 13.3. The number of rotatable bonds is 5. The molecule has 1 aliphatic carbocycles. The minimum absolute atomic E-state index is 0.127. The van der Waals surface area contributed by atoms with Crippen molar-refractivity contribution in [3.05, 3.63) is 46.7 Å². The standard InChI is InChI=1S/C16H18ClN3O.CH2O/c1-11-15(16(21)10-19(2)13-7-8-13)9-18-20(11)14-5-3-12(17)4-6-14;1-2/h3-6,9,13H,7-8,10H2,1-2H3;1H2. The van der Waals surface area contributed by atoms with Crippen LogP contribution in [0.4, 0.5) is 0 Å². The smallest absolute Gasteiger partial charge is 0.180 e. The predicted octanol–water partition coefficient (Wildman–Crippen LogP) is 2.93. The number of carbonyl (C=O) groups is 2. The minimum atomic E-state index is 0.127. The van der Waals surface area contributed by atoms with Crippen LogP contribution in [-0.4, -0.2) is 46.9 Å². The summed E-state index contributed by atoms with van der Waals surface area (Å²) in [6.45, 7) is 4.38. The Morgan fingerprint density at radius 2 is 1.96 bits per heavy atom. The van der Waals surface area contributed by atoms with Gasteiger partial charge >= 0.3 is 0 Å². The second-order valence-electron chi connectivity index (χ2n) is 5.60. The lowest BCUT2D eigenvalue weighted by Crippen LogP contribution is -2.28. The van der Waals surface area contributed by atoms with Gasteiger partial charge < -0.3 is 4.79 Å². The Labute approximate surface area is 140 Å². The summed E-state index contributed by atoms with van der Waals surface area (Å²) in [5.74, 6) is 0.127. The minimum Gasteiger partial charge on any atom is -0.307 e. The lowest BCUT2D eigenvalue weighted by Gasteiger charge is -2.14. The summed E-state index contributed by atoms with van der Waals surface area (Å²) in [4.78, 5) is 22.5. The van der Waals surface area contributed by atoms with E-state index in [1.54, 1.807) is 10.9 Å². The van der Waals surface area contributed by atoms with Crippen molar-refractivity contribution in [2.75, 3.05) is 13.6 Å². The third-order valence-electron chi connectivity index (χ3n) is 3.94. The fraction of sp³-hybridized carbons (Fsp3) is 0.353. The highest BCUT2D eigenvalue weighted by atomic mass is 35.5. The number of halogens is 1. The van der Waals surface area contributed by atoms with Gasteiger partial charge in [0.25, 0.3) is 0 Å². The molecule has 23 heavy (non-hydrogen) atoms. The number of Topliss-reactive ketones (excluding diaryl/α,β-unsaturated/α-hetero) is 1. The summed E-state index contributed by atoms with van der Waals surface area (Å²) in [5.41, 5.74) is 2.47. The van der Waals surface area contributed by atoms with Crippen molar-refractivity contribution in [3.8, 4) is 5.69 Å². The van der Waals surface area contributed by atoms with E-state index in [1.807, 2.05) is 45.0 Å². The van der Waals surface area contributed by atoms with Crippen LogP contribution in [0, 0.1) is 6.92 Å². The first-order valence-corrected chi connectivity index (χ1v) is 7.77. The highest BCUT2D eigenvalue weighted by Gasteiger charge is 2.28. The van der Waals surface area contributed by atoms with E-state index in [2.05, 4.69) is 10.00 Å². The van der Waals surface area contributed by atoms with E-state index >= 15 is 0 Å². The van der Waals surface area contributed by atoms with Gasteiger partial charge in [0.1, 0.15) is 6.79 Å². The van der Waals surface area contributed by atoms with Gasteiger partial charge in [0.05, 0.1) is 29.7 Å². The predicted molar refractivity (Wildman–Crippen MR) is 90.4 cm³/mol. The number of carbonyl (C=O) groups excluding carboxylic acids is 2. The molecule has 1 aromatic carbocycles. The molecule has 0 amide bonds. The van der Waals surface area contributed by atoms with Crippen molar-refractivity contribution in [2.45, 2.75) is 25.8 Å². The molecule has 0 atom stereocenters. The number of benzene rings is 1. The molecule has 2 aromatic rings. The summed E-state index contributed by atoms with van der Waals surface area (Å²) >= 11 is 5.90. The Kier molecular flexibility index (Phi) is 5.69. The quantitative estimate of drug-likeness (QED) is 0.789. The molecular formula is C17H20ClN3O2. The Morgan fingerprint density at radius 3 is 2.52 bits per heavy atom. The van der Waals surface area contributed by atoms with Gasteiger partial charge in [-0.2, -0.15) is 5.10 Å². The van der Waals surface area contributed by atoms with E-state index in [1.165, 1.54) is 12.8 Å². The number of ketones is 1. The largest absolute Gasteiger partial charge is 0.307 e. The van der Waals surface area contributed by atoms with E-state index in [0.717, 1.165) is 11.4 Å². The van der Waals surface area contributed by atoms with Crippen LogP contribution < -0.4 is 0 Å². The van der Waals surface area contributed by atoms with E-state index in [4.69, 9.17) is 16.4 Å². The lowest BCUT2D eigenvalue weighted by molar-refractivity contribution is -0.0980. The molecule has 0 N–H and O–H groups in total. The Balaban J connectivity index is 0.000000924. The maximum atomic E-state index is 12.4. The highest BCUT2D eigenvalue weighted by molar-refractivity contribution is 6.30. The van der Waals surface area contributed by atoms with Crippen LogP contribution in [0.2, 0.25) is 5.02 Å². The molecule has 1 aromatic heterocycles. The highest BCUT2D eigenvalue weighted by Crippen LogP contribution is 2.25. The number of hydrogen-bond acceptors (Lipinski definition) is 4. The fourth-order valence-corrected chi connectivity index (χ4v) is 2.61. The molecule has 0 radical (unpaired) electrons. The molecule has 1 heterocycles. The van der Waals surface area contributed by atoms with E-state index in [-0.39, 0.29) is 5.78 Å². The van der Waals surface area contributed by atoms with Crippen LogP contribution >= 0.6 is 11.6 Å². The van der Waals surface area contributed by atoms with Gasteiger partial charge in [0.2, 0.25) is 0 Å². The first-order valence-electron chi connectivity index (χ1n) is 7.39. The van der Waals surface area contributed by atoms with E-state index in [0.29, 0.717) is 23.2 Å². The van der Waals surface area contributed by atoms with Crippen LogP contribution in [0.3, 0.4) is 0 Å². The molecule has 122 valence electrons. The van der Waals surface area contributed by atoms with E-state index in [9.17, 15) is 4.79 Å². The summed E-state index contributed by atoms with van der Waals surface area (Å²) in [7, 11) is 2.01. The van der Waals surface area contributed by atoms with Gasteiger partial charge in [-0.3, -0.25) is 9.69 Å². The first kappa shape index (κ1) is 17.4. The summed E-state index contributed by atoms with van der Waals surface area (Å²) in [6.07, 6.45) is 4.06. The summed E-state index contributed by atoms with van der Waals surface area (Å²) in [6, 6.07) is 8.01. The Bertz CT molecular complexity index is 678. The van der Waals surface area contributed by atoms with Crippen LogP contribution in [0.1, 0.15) is 28.9 Å².